The van der Waals surface area contributed by atoms with Crippen molar-refractivity contribution in [1.82, 2.24) is 15.5 Å². The van der Waals surface area contributed by atoms with Gasteiger partial charge in [0.1, 0.15) is 36.6 Å². The van der Waals surface area contributed by atoms with Gasteiger partial charge < -0.3 is 81.9 Å². The first-order valence-electron chi connectivity index (χ1n) is 21.2. The summed E-state index contributed by atoms with van der Waals surface area (Å²) in [4.78, 5) is 40.2. The Balaban J connectivity index is 1.41. The molecule has 19 heteroatoms. The van der Waals surface area contributed by atoms with Crippen LogP contribution in [0.15, 0.2) is 0 Å². The van der Waals surface area contributed by atoms with Crippen molar-refractivity contribution in [2.45, 2.75) is 146 Å². The topological polar surface area (TPSA) is 342 Å². The Hall–Kier alpha value is -2.11. The summed E-state index contributed by atoms with van der Waals surface area (Å²) in [7, 11) is 0. The second kappa shape index (κ2) is 20.8. The molecule has 19 unspecified atom stereocenters. The van der Waals surface area contributed by atoms with Gasteiger partial charge >= 0.3 is 0 Å². The van der Waals surface area contributed by atoms with Gasteiger partial charge in [-0.1, -0.05) is 20.8 Å². The fraction of sp³-hybridized carbons (Fsp3) is 0.925. The number of nitrogens with zero attached hydrogens (tertiary/aromatic N) is 1. The number of carbonyl (C=O) groups is 3. The molecular formula is C40H71N3O16. The average molecular weight is 850 g/mol. The van der Waals surface area contributed by atoms with Crippen LogP contribution in [0, 0.1) is 46.3 Å². The molecule has 3 amide bonds. The molecule has 4 rings (SSSR count). The first-order valence-corrected chi connectivity index (χ1v) is 21.2. The van der Waals surface area contributed by atoms with Crippen LogP contribution in [0.25, 0.3) is 0 Å². The summed E-state index contributed by atoms with van der Waals surface area (Å²) in [5.74, 6) is -2.28. The molecule has 0 aromatic rings. The highest BCUT2D eigenvalue weighted by Gasteiger charge is 2.65. The normalized spacial score (nSPS) is 36.3. The maximum Gasteiger partial charge on any atom is 0.251 e. The zero-order chi connectivity index (χ0) is 44.1. The molecule has 0 saturated heterocycles. The minimum Gasteiger partial charge on any atom is -0.394 e. The Morgan fingerprint density at radius 2 is 1.24 bits per heavy atom. The van der Waals surface area contributed by atoms with Gasteiger partial charge in [0.2, 0.25) is 5.91 Å². The lowest BCUT2D eigenvalue weighted by Gasteiger charge is -2.63. The molecule has 0 spiro atoms. The number of fused-ring (bicyclic) bond motifs is 5. The molecule has 4 saturated carbocycles. The molecule has 0 aromatic heterocycles. The average Bonchev–Trinajstić information content (AvgIpc) is 3.58. The molecule has 15 N–H and O–H groups in total. The Kier molecular flexibility index (Phi) is 17.5. The van der Waals surface area contributed by atoms with Crippen LogP contribution in [0.4, 0.5) is 0 Å². The molecule has 0 radical (unpaired) electrons. The van der Waals surface area contributed by atoms with Crippen molar-refractivity contribution in [3.05, 3.63) is 0 Å². The van der Waals surface area contributed by atoms with Gasteiger partial charge in [-0.2, -0.15) is 0 Å². The molecule has 0 aliphatic heterocycles. The molecule has 0 aromatic carbocycles. The highest BCUT2D eigenvalue weighted by atomic mass is 16.4. The number of aliphatic hydroxyl groups is 13. The Labute approximate surface area is 345 Å². The summed E-state index contributed by atoms with van der Waals surface area (Å²) in [5, 5.41) is 136. The van der Waals surface area contributed by atoms with E-state index < -0.39 is 97.4 Å². The molecule has 59 heavy (non-hydrogen) atoms. The molecule has 19 atom stereocenters. The first-order chi connectivity index (χ1) is 27.6. The van der Waals surface area contributed by atoms with Gasteiger partial charge in [-0.05, 0) is 97.7 Å². The summed E-state index contributed by atoms with van der Waals surface area (Å²) < 4.78 is 0. The fourth-order valence-electron chi connectivity index (χ4n) is 11.4. The highest BCUT2D eigenvalue weighted by molar-refractivity contribution is 5.82. The lowest BCUT2D eigenvalue weighted by Crippen LogP contribution is -2.62. The van der Waals surface area contributed by atoms with E-state index in [1.165, 1.54) is 4.90 Å². The monoisotopic (exact) mass is 849 g/mol. The molecule has 4 fully saturated rings. The number of aliphatic hydroxyl groups excluding tert-OH is 13. The molecule has 0 heterocycles. The zero-order valence-electron chi connectivity index (χ0n) is 34.4. The predicted octanol–water partition coefficient (Wildman–Crippen LogP) is -4.70. The van der Waals surface area contributed by atoms with Crippen molar-refractivity contribution >= 4 is 17.7 Å². The summed E-state index contributed by atoms with van der Waals surface area (Å²) in [6, 6.07) is 0. The van der Waals surface area contributed by atoms with Gasteiger partial charge in [0.25, 0.3) is 11.8 Å². The van der Waals surface area contributed by atoms with Gasteiger partial charge in [0.05, 0.1) is 31.5 Å². The Morgan fingerprint density at radius 3 is 1.75 bits per heavy atom. The van der Waals surface area contributed by atoms with E-state index in [9.17, 15) is 70.6 Å². The van der Waals surface area contributed by atoms with Crippen LogP contribution in [0.2, 0.25) is 0 Å². The molecule has 4 aliphatic rings. The second-order valence-electron chi connectivity index (χ2n) is 18.4. The standard InChI is InChI=1S/C40H71N3O16/c1-19(22-5-6-23-30-24(16-28(50)40(22,23)3)39(2)9-8-21(46)14-20(39)15-25(30)47)4-7-29(51)43(12-10-41-37(58)35(56)33(54)31(52)26(48)17-44)13-11-42-38(59)36(57)34(55)32(53)27(49)18-45/h19-28,30-36,44-50,52-57H,4-18H2,1-3H3,(H,41,58)(H,42,59). The summed E-state index contributed by atoms with van der Waals surface area (Å²) >= 11 is 0. The number of carbonyl (C=O) groups excluding carboxylic acids is 3. The zero-order valence-corrected chi connectivity index (χ0v) is 34.4. The van der Waals surface area contributed by atoms with Crippen LogP contribution in [0.5, 0.6) is 0 Å². The van der Waals surface area contributed by atoms with Crippen LogP contribution in [-0.4, -0.2) is 196 Å². The first kappa shape index (κ1) is 49.5. The molecule has 4 aliphatic carbocycles. The van der Waals surface area contributed by atoms with E-state index in [0.29, 0.717) is 32.1 Å². The van der Waals surface area contributed by atoms with Gasteiger partial charge in [-0.15, -0.1) is 0 Å². The van der Waals surface area contributed by atoms with E-state index in [0.717, 1.165) is 19.3 Å². The number of nitrogens with one attached hydrogen (secondary N) is 2. The van der Waals surface area contributed by atoms with Crippen LogP contribution >= 0.6 is 0 Å². The van der Waals surface area contributed by atoms with E-state index in [4.69, 9.17) is 10.2 Å². The van der Waals surface area contributed by atoms with E-state index in [1.54, 1.807) is 0 Å². The molecular weight excluding hydrogens is 778 g/mol. The lowest BCUT2D eigenvalue weighted by molar-refractivity contribution is -0.207. The number of rotatable bonds is 20. The van der Waals surface area contributed by atoms with E-state index in [1.807, 2.05) is 6.92 Å². The molecule has 0 bridgehead atoms. The van der Waals surface area contributed by atoms with Gasteiger partial charge in [-0.3, -0.25) is 14.4 Å². The van der Waals surface area contributed by atoms with Gasteiger partial charge in [0, 0.05) is 32.6 Å². The quantitative estimate of drug-likeness (QED) is 0.0547. The highest BCUT2D eigenvalue weighted by Crippen LogP contribution is 2.68. The fourth-order valence-corrected chi connectivity index (χ4v) is 11.4. The van der Waals surface area contributed by atoms with Crippen LogP contribution < -0.4 is 10.6 Å². The second-order valence-corrected chi connectivity index (χ2v) is 18.4. The van der Waals surface area contributed by atoms with Crippen molar-refractivity contribution in [1.29, 1.82) is 0 Å². The Bertz CT molecular complexity index is 1350. The minimum atomic E-state index is -2.21. The van der Waals surface area contributed by atoms with Crippen molar-refractivity contribution in [3.63, 3.8) is 0 Å². The van der Waals surface area contributed by atoms with Crippen molar-refractivity contribution < 1.29 is 80.8 Å². The lowest BCUT2D eigenvalue weighted by atomic mass is 9.43. The molecule has 342 valence electrons. The third-order valence-corrected chi connectivity index (χ3v) is 15.1. The van der Waals surface area contributed by atoms with Gasteiger partial charge in [0.15, 0.2) is 12.2 Å². The van der Waals surface area contributed by atoms with E-state index in [2.05, 4.69) is 24.5 Å². The summed E-state index contributed by atoms with van der Waals surface area (Å²) in [5.41, 5.74) is -0.582. The van der Waals surface area contributed by atoms with Gasteiger partial charge in [-0.25, -0.2) is 0 Å². The third kappa shape index (κ3) is 10.6. The van der Waals surface area contributed by atoms with E-state index >= 15 is 0 Å². The Morgan fingerprint density at radius 1 is 0.712 bits per heavy atom. The molecule has 19 nitrogen and oxygen atoms in total. The summed E-state index contributed by atoms with van der Waals surface area (Å²) in [6.07, 6.45) is -12.5. The van der Waals surface area contributed by atoms with Crippen molar-refractivity contribution in [2.24, 2.45) is 46.3 Å². The maximum absolute atomic E-state index is 13.8. The minimum absolute atomic E-state index is 0.0184. The number of hydrogen-bond donors (Lipinski definition) is 15. The largest absolute Gasteiger partial charge is 0.394 e. The smallest absolute Gasteiger partial charge is 0.251 e. The van der Waals surface area contributed by atoms with Crippen molar-refractivity contribution in [2.75, 3.05) is 39.4 Å². The third-order valence-electron chi connectivity index (χ3n) is 15.1. The van der Waals surface area contributed by atoms with E-state index in [-0.39, 0.29) is 79.6 Å². The predicted molar refractivity (Wildman–Crippen MR) is 207 cm³/mol. The maximum atomic E-state index is 13.8. The number of hydrogen-bond acceptors (Lipinski definition) is 16. The van der Waals surface area contributed by atoms with Crippen LogP contribution in [-0.2, 0) is 14.4 Å². The summed E-state index contributed by atoms with van der Waals surface area (Å²) in [6.45, 7) is 3.62. The SMILES string of the molecule is CC(CCC(=O)N(CCNC(=O)C(O)C(O)C(O)C(O)CO)CCNC(=O)C(O)C(O)C(O)C(O)CO)C1CCC2C3C(O)CC4CC(O)CCC4(C)C3CC(O)C12C. The van der Waals surface area contributed by atoms with Crippen molar-refractivity contribution in [3.8, 4) is 0 Å². The van der Waals surface area contributed by atoms with Crippen LogP contribution in [0.1, 0.15) is 78.6 Å². The number of amides is 3. The van der Waals surface area contributed by atoms with Crippen LogP contribution in [0.3, 0.4) is 0 Å².